The lowest BCUT2D eigenvalue weighted by Gasteiger charge is -2.42. The summed E-state index contributed by atoms with van der Waals surface area (Å²) in [6.07, 6.45) is 0.512. The molecular weight excluding hydrogens is 442 g/mol. The zero-order chi connectivity index (χ0) is 25.2. The summed E-state index contributed by atoms with van der Waals surface area (Å²) >= 11 is 0. The average Bonchev–Trinajstić information content (AvgIpc) is 3.20. The minimum absolute atomic E-state index is 0.0913. The third-order valence-corrected chi connectivity index (χ3v) is 6.61. The summed E-state index contributed by atoms with van der Waals surface area (Å²) in [5.41, 5.74) is 0.193. The zero-order valence-corrected chi connectivity index (χ0v) is 20.7. The summed E-state index contributed by atoms with van der Waals surface area (Å²) < 4.78 is 27.8. The van der Waals surface area contributed by atoms with Gasteiger partial charge in [0.05, 0.1) is 5.92 Å². The monoisotopic (exact) mass is 478 g/mol. The van der Waals surface area contributed by atoms with Crippen molar-refractivity contribution in [1.29, 1.82) is 0 Å². The summed E-state index contributed by atoms with van der Waals surface area (Å²) in [5.74, 6) is -2.61. The lowest BCUT2D eigenvalue weighted by atomic mass is 9.86. The number of rotatable bonds is 5. The number of halogens is 2. The molecule has 2 heterocycles. The molecule has 9 heteroatoms. The van der Waals surface area contributed by atoms with Crippen LogP contribution in [0, 0.1) is 23.0 Å². The minimum atomic E-state index is -0.645. The van der Waals surface area contributed by atoms with Crippen LogP contribution in [-0.4, -0.2) is 72.3 Å². The Hall–Kier alpha value is -2.55. The van der Waals surface area contributed by atoms with E-state index in [2.05, 4.69) is 10.6 Å². The highest BCUT2D eigenvalue weighted by molar-refractivity contribution is 5.87. The third kappa shape index (κ3) is 6.11. The number of hydrogen-bond acceptors (Lipinski definition) is 4. The lowest BCUT2D eigenvalue weighted by Crippen LogP contribution is -2.60. The summed E-state index contributed by atoms with van der Waals surface area (Å²) in [7, 11) is 0. The van der Waals surface area contributed by atoms with Crippen LogP contribution in [-0.2, 0) is 14.4 Å². The smallest absolute Gasteiger partial charge is 0.245 e. The predicted octanol–water partition coefficient (Wildman–Crippen LogP) is 2.27. The number of hydrogen-bond donors (Lipinski definition) is 2. The van der Waals surface area contributed by atoms with Crippen LogP contribution in [0.4, 0.5) is 8.78 Å². The largest absolute Gasteiger partial charge is 0.345 e. The fraction of sp³-hybridized carbons (Fsp3) is 0.640. The lowest BCUT2D eigenvalue weighted by molar-refractivity contribution is -0.146. The van der Waals surface area contributed by atoms with Crippen molar-refractivity contribution in [2.24, 2.45) is 11.3 Å². The Morgan fingerprint density at radius 2 is 1.88 bits per heavy atom. The highest BCUT2D eigenvalue weighted by Crippen LogP contribution is 2.32. The third-order valence-electron chi connectivity index (χ3n) is 6.61. The Morgan fingerprint density at radius 1 is 1.18 bits per heavy atom. The van der Waals surface area contributed by atoms with Gasteiger partial charge < -0.3 is 20.4 Å². The molecule has 4 atom stereocenters. The molecule has 188 valence electrons. The van der Waals surface area contributed by atoms with Crippen LogP contribution < -0.4 is 10.6 Å². The number of piperazine rings is 1. The molecule has 2 aliphatic rings. The van der Waals surface area contributed by atoms with Gasteiger partial charge in [-0.1, -0.05) is 26.8 Å². The first-order valence-electron chi connectivity index (χ1n) is 11.9. The van der Waals surface area contributed by atoms with Gasteiger partial charge in [0.15, 0.2) is 0 Å². The van der Waals surface area contributed by atoms with Crippen molar-refractivity contribution in [1.82, 2.24) is 20.4 Å². The van der Waals surface area contributed by atoms with E-state index in [9.17, 15) is 23.2 Å². The molecule has 2 aliphatic heterocycles. The predicted molar refractivity (Wildman–Crippen MR) is 125 cm³/mol. The van der Waals surface area contributed by atoms with Crippen molar-refractivity contribution < 1.29 is 23.2 Å². The molecule has 1 unspecified atom stereocenters. The molecule has 3 rings (SSSR count). The second kappa shape index (κ2) is 10.4. The first-order chi connectivity index (χ1) is 15.9. The minimum Gasteiger partial charge on any atom is -0.345 e. The molecule has 2 N–H and O–H groups in total. The Labute approximate surface area is 200 Å². The zero-order valence-electron chi connectivity index (χ0n) is 20.7. The molecule has 2 saturated heterocycles. The molecule has 0 aromatic heterocycles. The van der Waals surface area contributed by atoms with Crippen molar-refractivity contribution in [3.8, 4) is 0 Å². The summed E-state index contributed by atoms with van der Waals surface area (Å²) in [4.78, 5) is 41.8. The summed E-state index contributed by atoms with van der Waals surface area (Å²) in [6, 6.07) is 2.65. The van der Waals surface area contributed by atoms with Crippen molar-refractivity contribution >= 4 is 17.7 Å². The molecule has 34 heavy (non-hydrogen) atoms. The maximum absolute atomic E-state index is 14.4. The van der Waals surface area contributed by atoms with E-state index >= 15 is 0 Å². The number of benzene rings is 1. The van der Waals surface area contributed by atoms with Gasteiger partial charge in [0.1, 0.15) is 17.7 Å². The van der Waals surface area contributed by atoms with Crippen LogP contribution >= 0.6 is 0 Å². The van der Waals surface area contributed by atoms with Gasteiger partial charge in [-0.25, -0.2) is 8.78 Å². The van der Waals surface area contributed by atoms with Crippen molar-refractivity contribution in [2.75, 3.05) is 32.7 Å². The SMILES string of the molecule is CC(=O)NC(CC(C)(C)C)C(=O)N1CCN(C(=O)[C@@H]2CNC[C@H]2c2ccc(F)cc2F)[C@@H](C)C1. The molecule has 0 spiro atoms. The van der Waals surface area contributed by atoms with Gasteiger partial charge in [-0.3, -0.25) is 14.4 Å². The van der Waals surface area contributed by atoms with Crippen molar-refractivity contribution in [3.63, 3.8) is 0 Å². The first kappa shape index (κ1) is 26.1. The maximum Gasteiger partial charge on any atom is 0.245 e. The Morgan fingerprint density at radius 3 is 2.47 bits per heavy atom. The van der Waals surface area contributed by atoms with Crippen molar-refractivity contribution in [2.45, 2.75) is 59.0 Å². The summed E-state index contributed by atoms with van der Waals surface area (Å²) in [6.45, 7) is 11.3. The maximum atomic E-state index is 14.4. The molecule has 0 saturated carbocycles. The molecule has 0 aliphatic carbocycles. The number of amides is 3. The second-order valence-electron chi connectivity index (χ2n) is 10.7. The van der Waals surface area contributed by atoms with Gasteiger partial charge in [0, 0.05) is 57.7 Å². The molecular formula is C25H36F2N4O3. The Bertz CT molecular complexity index is 933. The van der Waals surface area contributed by atoms with Crippen LogP contribution in [0.3, 0.4) is 0 Å². The van der Waals surface area contributed by atoms with Gasteiger partial charge in [-0.15, -0.1) is 0 Å². The quantitative estimate of drug-likeness (QED) is 0.680. The van der Waals surface area contributed by atoms with Crippen LogP contribution in [0.1, 0.15) is 52.5 Å². The standard InChI is InChI=1S/C25H36F2N4O3/c1-15-14-30(24(34)22(29-16(2)32)11-25(3,4)5)8-9-31(15)23(33)20-13-28-12-19(20)18-7-6-17(26)10-21(18)27/h6-7,10,15,19-20,22,28H,8-9,11-14H2,1-5H3,(H,29,32)/t15-,19-,20+,22?/m0/s1. The number of nitrogens with one attached hydrogen (secondary N) is 2. The number of carbonyl (C=O) groups is 3. The summed E-state index contributed by atoms with van der Waals surface area (Å²) in [5, 5.41) is 5.95. The molecule has 1 aromatic rings. The van der Waals surface area contributed by atoms with E-state index < -0.39 is 23.6 Å². The molecule has 2 fully saturated rings. The van der Waals surface area contributed by atoms with Crippen molar-refractivity contribution in [3.05, 3.63) is 35.4 Å². The fourth-order valence-corrected chi connectivity index (χ4v) is 5.04. The Balaban J connectivity index is 1.69. The number of carbonyl (C=O) groups excluding carboxylic acids is 3. The van der Waals surface area contributed by atoms with E-state index in [0.29, 0.717) is 44.7 Å². The molecule has 0 bridgehead atoms. The van der Waals surface area contributed by atoms with E-state index in [1.165, 1.54) is 19.1 Å². The van der Waals surface area contributed by atoms with E-state index in [0.717, 1.165) is 6.07 Å². The van der Waals surface area contributed by atoms with Gasteiger partial charge >= 0.3 is 0 Å². The normalized spacial score (nSPS) is 24.1. The average molecular weight is 479 g/mol. The van der Waals surface area contributed by atoms with E-state index in [-0.39, 0.29) is 35.1 Å². The fourth-order valence-electron chi connectivity index (χ4n) is 5.04. The molecule has 0 radical (unpaired) electrons. The first-order valence-corrected chi connectivity index (χ1v) is 11.9. The van der Waals surface area contributed by atoms with Crippen LogP contribution in [0.25, 0.3) is 0 Å². The molecule has 1 aromatic carbocycles. The van der Waals surface area contributed by atoms with Gasteiger partial charge in [-0.2, -0.15) is 0 Å². The van der Waals surface area contributed by atoms with E-state index in [1.54, 1.807) is 9.80 Å². The highest BCUT2D eigenvalue weighted by atomic mass is 19.1. The van der Waals surface area contributed by atoms with E-state index in [1.807, 2.05) is 27.7 Å². The van der Waals surface area contributed by atoms with Crippen LogP contribution in [0.5, 0.6) is 0 Å². The van der Waals surface area contributed by atoms with Gasteiger partial charge in [0.2, 0.25) is 17.7 Å². The highest BCUT2D eigenvalue weighted by Gasteiger charge is 2.41. The van der Waals surface area contributed by atoms with Crippen LogP contribution in [0.2, 0.25) is 0 Å². The number of nitrogens with zero attached hydrogens (tertiary/aromatic N) is 2. The topological polar surface area (TPSA) is 81.8 Å². The molecule has 7 nitrogen and oxygen atoms in total. The van der Waals surface area contributed by atoms with Gasteiger partial charge in [0.25, 0.3) is 0 Å². The van der Waals surface area contributed by atoms with Gasteiger partial charge in [-0.05, 0) is 30.4 Å². The van der Waals surface area contributed by atoms with E-state index in [4.69, 9.17) is 0 Å². The second-order valence-corrected chi connectivity index (χ2v) is 10.7. The molecule has 3 amide bonds. The Kier molecular flexibility index (Phi) is 7.95. The van der Waals surface area contributed by atoms with Crippen LogP contribution in [0.15, 0.2) is 18.2 Å².